The molecule has 3 aromatic rings. The molecule has 0 N–H and O–H groups in total. The Hall–Kier alpha value is -2.22. The number of non-ortho nitro benzene ring substituents is 1. The number of rotatable bonds is 5. The fraction of sp³-hybridized carbons (Fsp3) is 0.200. The largest absolute Gasteiger partial charge is 1.00 e. The Morgan fingerprint density at radius 2 is 1.97 bits per heavy atom. The van der Waals surface area contributed by atoms with Crippen LogP contribution in [-0.2, 0) is 19.5 Å². The molecule has 0 unspecified atom stereocenters. The maximum Gasteiger partial charge on any atom is 0.270 e. The highest BCUT2D eigenvalue weighted by molar-refractivity contribution is 6.42. The Morgan fingerprint density at radius 3 is 2.69 bits per heavy atom. The summed E-state index contributed by atoms with van der Waals surface area (Å²) in [7, 11) is 0. The molecule has 0 spiro atoms. The zero-order valence-electron chi connectivity index (χ0n) is 15.1. The molecule has 1 aliphatic rings. The molecule has 2 aromatic carbocycles. The number of imidazole rings is 1. The number of Topliss-reactive ketones (excluding diaryl/α,β-unsaturated/α-hetero) is 1. The summed E-state index contributed by atoms with van der Waals surface area (Å²) in [6.45, 7) is 0.987. The molecular weight excluding hydrogens is 481 g/mol. The van der Waals surface area contributed by atoms with Crippen molar-refractivity contribution in [3.8, 4) is 11.3 Å². The summed E-state index contributed by atoms with van der Waals surface area (Å²) in [5.41, 5.74) is 2.14. The third-order valence-corrected chi connectivity index (χ3v) is 5.64. The number of nitro groups is 1. The number of hydrogen-bond acceptors (Lipinski definition) is 3. The first-order valence-corrected chi connectivity index (χ1v) is 9.54. The van der Waals surface area contributed by atoms with Gasteiger partial charge in [0.05, 0.1) is 27.9 Å². The lowest BCUT2D eigenvalue weighted by molar-refractivity contribution is -0.689. The van der Waals surface area contributed by atoms with Crippen LogP contribution >= 0.6 is 23.2 Å². The number of aromatic nitrogens is 2. The number of nitrogens with zero attached hydrogens (tertiary/aromatic N) is 3. The van der Waals surface area contributed by atoms with Crippen molar-refractivity contribution in [2.24, 2.45) is 0 Å². The minimum atomic E-state index is -0.498. The predicted molar refractivity (Wildman–Crippen MR) is 106 cm³/mol. The van der Waals surface area contributed by atoms with Crippen LogP contribution in [0.3, 0.4) is 0 Å². The summed E-state index contributed by atoms with van der Waals surface area (Å²) in [5, 5.41) is 11.9. The molecule has 0 radical (unpaired) electrons. The van der Waals surface area contributed by atoms with Crippen LogP contribution in [0.1, 0.15) is 22.6 Å². The summed E-state index contributed by atoms with van der Waals surface area (Å²) in [6.07, 6.45) is 3.79. The number of halogens is 3. The molecule has 1 aromatic heterocycles. The van der Waals surface area contributed by atoms with E-state index < -0.39 is 4.92 Å². The highest BCUT2D eigenvalue weighted by Gasteiger charge is 2.30. The molecule has 0 bridgehead atoms. The van der Waals surface area contributed by atoms with Gasteiger partial charge in [-0.05, 0) is 24.6 Å². The molecule has 9 heteroatoms. The quantitative estimate of drug-likeness (QED) is 0.232. The lowest BCUT2D eigenvalue weighted by Gasteiger charge is -2.01. The van der Waals surface area contributed by atoms with Crippen LogP contribution in [0, 0.1) is 10.1 Å². The molecule has 6 nitrogen and oxygen atoms in total. The summed E-state index contributed by atoms with van der Waals surface area (Å²) < 4.78 is 4.10. The van der Waals surface area contributed by atoms with Crippen LogP contribution < -0.4 is 21.5 Å². The van der Waals surface area contributed by atoms with Gasteiger partial charge >= 0.3 is 0 Å². The Labute approximate surface area is 187 Å². The van der Waals surface area contributed by atoms with E-state index in [0.717, 1.165) is 36.5 Å². The fourth-order valence-electron chi connectivity index (χ4n) is 3.57. The first-order chi connectivity index (χ1) is 13.4. The summed E-state index contributed by atoms with van der Waals surface area (Å²) in [4.78, 5) is 23.2. The monoisotopic (exact) mass is 495 g/mol. The van der Waals surface area contributed by atoms with Gasteiger partial charge in [0.2, 0.25) is 5.78 Å². The Kier molecular flexibility index (Phi) is 6.41. The van der Waals surface area contributed by atoms with Crippen LogP contribution in [0.5, 0.6) is 0 Å². The first kappa shape index (κ1) is 21.5. The third-order valence-electron chi connectivity index (χ3n) is 4.90. The topological polar surface area (TPSA) is 69.0 Å². The van der Waals surface area contributed by atoms with Crippen molar-refractivity contribution in [3.63, 3.8) is 0 Å². The van der Waals surface area contributed by atoms with Crippen LogP contribution in [0.4, 0.5) is 5.69 Å². The first-order valence-electron chi connectivity index (χ1n) is 8.79. The lowest BCUT2D eigenvalue weighted by atomic mass is 10.1. The summed E-state index contributed by atoms with van der Waals surface area (Å²) in [5.74, 6) is 0.884. The number of fused-ring (bicyclic) bond motifs is 1. The van der Waals surface area contributed by atoms with Gasteiger partial charge in [0.25, 0.3) is 11.5 Å². The molecule has 29 heavy (non-hydrogen) atoms. The van der Waals surface area contributed by atoms with Gasteiger partial charge in [-0.2, -0.15) is 0 Å². The van der Waals surface area contributed by atoms with Gasteiger partial charge in [-0.15, -0.1) is 0 Å². The average Bonchev–Trinajstić information content (AvgIpc) is 3.28. The minimum absolute atomic E-state index is 0. The molecule has 0 aliphatic carbocycles. The van der Waals surface area contributed by atoms with Gasteiger partial charge in [0.1, 0.15) is 6.20 Å². The number of ketones is 1. The number of carbonyl (C=O) groups is 1. The second-order valence-electron chi connectivity index (χ2n) is 6.67. The molecule has 0 amide bonds. The second-order valence-corrected chi connectivity index (χ2v) is 7.49. The normalized spacial score (nSPS) is 12.3. The van der Waals surface area contributed by atoms with Crippen molar-refractivity contribution in [2.75, 3.05) is 0 Å². The maximum absolute atomic E-state index is 12.7. The van der Waals surface area contributed by atoms with E-state index >= 15 is 0 Å². The van der Waals surface area contributed by atoms with E-state index in [1.165, 1.54) is 18.2 Å². The van der Waals surface area contributed by atoms with Gasteiger partial charge < -0.3 is 17.0 Å². The molecule has 4 rings (SSSR count). The Balaban J connectivity index is 0.00000240. The van der Waals surface area contributed by atoms with Gasteiger partial charge in [-0.1, -0.05) is 35.3 Å². The summed E-state index contributed by atoms with van der Waals surface area (Å²) >= 11 is 12.2. The number of hydrogen-bond donors (Lipinski definition) is 0. The van der Waals surface area contributed by atoms with Crippen LogP contribution in [0.2, 0.25) is 10.0 Å². The smallest absolute Gasteiger partial charge is 0.270 e. The van der Waals surface area contributed by atoms with Crippen molar-refractivity contribution in [1.82, 2.24) is 4.57 Å². The molecule has 1 aliphatic heterocycles. The highest BCUT2D eigenvalue weighted by Crippen LogP contribution is 2.30. The summed E-state index contributed by atoms with van der Waals surface area (Å²) in [6, 6.07) is 11.3. The van der Waals surface area contributed by atoms with Crippen molar-refractivity contribution in [1.29, 1.82) is 0 Å². The molecule has 2 heterocycles. The van der Waals surface area contributed by atoms with Crippen molar-refractivity contribution >= 4 is 34.7 Å². The van der Waals surface area contributed by atoms with E-state index in [-0.39, 0.29) is 35.0 Å². The molecule has 0 saturated heterocycles. The Bertz CT molecular complexity index is 1110. The van der Waals surface area contributed by atoms with Gasteiger partial charge in [0, 0.05) is 23.3 Å². The lowest BCUT2D eigenvalue weighted by Crippen LogP contribution is -3.00. The van der Waals surface area contributed by atoms with Gasteiger partial charge in [-0.25, -0.2) is 9.13 Å². The Morgan fingerprint density at radius 1 is 1.17 bits per heavy atom. The molecular formula is C20H16BrCl2N3O3. The van der Waals surface area contributed by atoms with Crippen LogP contribution in [0.15, 0.2) is 48.7 Å². The second kappa shape index (κ2) is 8.65. The van der Waals surface area contributed by atoms with Gasteiger partial charge in [-0.3, -0.25) is 14.9 Å². The third kappa shape index (κ3) is 4.22. The van der Waals surface area contributed by atoms with E-state index in [2.05, 4.69) is 4.57 Å². The van der Waals surface area contributed by atoms with Crippen molar-refractivity contribution in [3.05, 3.63) is 80.2 Å². The number of benzene rings is 2. The maximum atomic E-state index is 12.7. The van der Waals surface area contributed by atoms with Crippen molar-refractivity contribution < 1.29 is 31.3 Å². The zero-order valence-corrected chi connectivity index (χ0v) is 18.2. The molecule has 0 fully saturated rings. The highest BCUT2D eigenvalue weighted by atomic mass is 79.9. The van der Waals surface area contributed by atoms with E-state index in [1.54, 1.807) is 12.1 Å². The standard InChI is InChI=1S/C20H16Cl2N3O3.BrH/c21-16-7-6-13(10-17(16)22)18-11-23(20-5-2-8-24(18)20)12-19(26)14-3-1-4-15(9-14)25(27)28;/h1,3-4,6-7,9-11H,2,5,8,12H2;1H/q+1;/p-1. The van der Waals surface area contributed by atoms with Crippen LogP contribution in [0.25, 0.3) is 11.3 Å². The number of nitro benzene ring substituents is 1. The minimum Gasteiger partial charge on any atom is -1.00 e. The fourth-order valence-corrected chi connectivity index (χ4v) is 3.87. The predicted octanol–water partition coefficient (Wildman–Crippen LogP) is 1.49. The van der Waals surface area contributed by atoms with E-state index in [9.17, 15) is 14.9 Å². The van der Waals surface area contributed by atoms with E-state index in [1.807, 2.05) is 22.9 Å². The van der Waals surface area contributed by atoms with Gasteiger partial charge in [0.15, 0.2) is 12.2 Å². The number of carbonyl (C=O) groups excluding carboxylic acids is 1. The van der Waals surface area contributed by atoms with E-state index in [0.29, 0.717) is 15.6 Å². The van der Waals surface area contributed by atoms with Crippen molar-refractivity contribution in [2.45, 2.75) is 25.9 Å². The molecule has 0 atom stereocenters. The average molecular weight is 497 g/mol. The molecule has 0 saturated carbocycles. The zero-order chi connectivity index (χ0) is 19.8. The molecule has 150 valence electrons. The van der Waals surface area contributed by atoms with Crippen LogP contribution in [-0.4, -0.2) is 15.3 Å². The van der Waals surface area contributed by atoms with E-state index in [4.69, 9.17) is 23.2 Å². The SMILES string of the molecule is O=C(C[n+]1cc(-c2ccc(Cl)c(Cl)c2)n2c1CCC2)c1cccc([N+](=O)[O-])c1.[Br-].